The van der Waals surface area contributed by atoms with E-state index in [0.29, 0.717) is 29.7 Å². The van der Waals surface area contributed by atoms with Crippen LogP contribution in [0.4, 0.5) is 13.2 Å². The molecule has 6 heteroatoms. The molecule has 1 heterocycles. The van der Waals surface area contributed by atoms with Crippen LogP contribution in [0.2, 0.25) is 0 Å². The van der Waals surface area contributed by atoms with Gasteiger partial charge in [-0.1, -0.05) is 26.0 Å². The molecule has 0 aliphatic heterocycles. The Labute approximate surface area is 115 Å². The first-order valence-corrected chi connectivity index (χ1v) is 6.31. The van der Waals surface area contributed by atoms with Gasteiger partial charge in [0.15, 0.2) is 0 Å². The molecule has 2 N–H and O–H groups in total. The van der Waals surface area contributed by atoms with Crippen molar-refractivity contribution in [3.05, 3.63) is 41.9 Å². The number of imidazole rings is 1. The molecule has 0 aliphatic carbocycles. The first-order chi connectivity index (χ1) is 9.36. The summed E-state index contributed by atoms with van der Waals surface area (Å²) in [5.41, 5.74) is 0.395. The van der Waals surface area contributed by atoms with Gasteiger partial charge in [-0.2, -0.15) is 13.2 Å². The second-order valence-electron chi connectivity index (χ2n) is 4.86. The topological polar surface area (TPSA) is 40.7 Å². The van der Waals surface area contributed by atoms with Crippen molar-refractivity contribution in [2.75, 3.05) is 0 Å². The molecule has 0 saturated carbocycles. The first kappa shape index (κ1) is 14.6. The molecular formula is C14H16F3N3. The Bertz CT molecular complexity index is 573. The molecule has 108 valence electrons. The van der Waals surface area contributed by atoms with Crippen LogP contribution >= 0.6 is 0 Å². The average Bonchev–Trinajstić information content (AvgIpc) is 2.84. The van der Waals surface area contributed by atoms with Crippen LogP contribution in [0.5, 0.6) is 0 Å². The summed E-state index contributed by atoms with van der Waals surface area (Å²) in [6.45, 7) is 4.57. The fourth-order valence-corrected chi connectivity index (χ4v) is 1.76. The van der Waals surface area contributed by atoms with Crippen LogP contribution in [0.25, 0.3) is 11.3 Å². The Morgan fingerprint density at radius 2 is 2.05 bits per heavy atom. The average molecular weight is 283 g/mol. The number of hydrogen-bond acceptors (Lipinski definition) is 2. The number of alkyl halides is 3. The van der Waals surface area contributed by atoms with E-state index in [2.05, 4.69) is 15.3 Å². The molecule has 2 rings (SSSR count). The molecule has 1 aromatic carbocycles. The van der Waals surface area contributed by atoms with Crippen LogP contribution < -0.4 is 5.32 Å². The highest BCUT2D eigenvalue weighted by molar-refractivity contribution is 5.59. The van der Waals surface area contributed by atoms with Gasteiger partial charge in [-0.05, 0) is 12.1 Å². The summed E-state index contributed by atoms with van der Waals surface area (Å²) in [5, 5.41) is 3.19. The maximum Gasteiger partial charge on any atom is 0.416 e. The lowest BCUT2D eigenvalue weighted by atomic mass is 10.1. The lowest BCUT2D eigenvalue weighted by molar-refractivity contribution is -0.137. The third kappa shape index (κ3) is 3.60. The van der Waals surface area contributed by atoms with E-state index in [-0.39, 0.29) is 0 Å². The van der Waals surface area contributed by atoms with Crippen molar-refractivity contribution in [2.45, 2.75) is 32.6 Å². The maximum atomic E-state index is 12.7. The molecular weight excluding hydrogens is 267 g/mol. The van der Waals surface area contributed by atoms with Crippen molar-refractivity contribution >= 4 is 0 Å². The van der Waals surface area contributed by atoms with Gasteiger partial charge in [-0.25, -0.2) is 4.98 Å². The number of hydrogen-bond donors (Lipinski definition) is 2. The highest BCUT2D eigenvalue weighted by Crippen LogP contribution is 2.31. The minimum Gasteiger partial charge on any atom is -0.341 e. The molecule has 0 bridgehead atoms. The number of halogens is 3. The third-order valence-corrected chi connectivity index (χ3v) is 2.81. The van der Waals surface area contributed by atoms with E-state index >= 15 is 0 Å². The van der Waals surface area contributed by atoms with Crippen LogP contribution in [-0.4, -0.2) is 16.0 Å². The quantitative estimate of drug-likeness (QED) is 0.900. The highest BCUT2D eigenvalue weighted by atomic mass is 19.4. The Hall–Kier alpha value is -1.82. The SMILES string of the molecule is CC(C)NCc1ncc(-c2cccc(C(F)(F)F)c2)[nH]1. The van der Waals surface area contributed by atoms with E-state index in [4.69, 9.17) is 0 Å². The fourth-order valence-electron chi connectivity index (χ4n) is 1.76. The van der Waals surface area contributed by atoms with Crippen LogP contribution in [-0.2, 0) is 12.7 Å². The van der Waals surface area contributed by atoms with Crippen molar-refractivity contribution in [1.29, 1.82) is 0 Å². The Morgan fingerprint density at radius 1 is 1.30 bits per heavy atom. The molecule has 0 spiro atoms. The molecule has 0 aliphatic rings. The van der Waals surface area contributed by atoms with Gasteiger partial charge in [-0.3, -0.25) is 0 Å². The van der Waals surface area contributed by atoms with Crippen molar-refractivity contribution in [2.24, 2.45) is 0 Å². The highest BCUT2D eigenvalue weighted by Gasteiger charge is 2.30. The van der Waals surface area contributed by atoms with Crippen molar-refractivity contribution in [3.8, 4) is 11.3 Å². The molecule has 0 saturated heterocycles. The van der Waals surface area contributed by atoms with Crippen LogP contribution in [0.3, 0.4) is 0 Å². The lowest BCUT2D eigenvalue weighted by Gasteiger charge is -2.08. The molecule has 0 fully saturated rings. The van der Waals surface area contributed by atoms with E-state index in [0.717, 1.165) is 12.1 Å². The monoisotopic (exact) mass is 283 g/mol. The van der Waals surface area contributed by atoms with Gasteiger partial charge in [-0.15, -0.1) is 0 Å². The largest absolute Gasteiger partial charge is 0.416 e. The van der Waals surface area contributed by atoms with Gasteiger partial charge in [0.05, 0.1) is 24.0 Å². The number of aromatic nitrogens is 2. The predicted octanol–water partition coefficient (Wildman–Crippen LogP) is 3.59. The van der Waals surface area contributed by atoms with Crippen molar-refractivity contribution in [1.82, 2.24) is 15.3 Å². The maximum absolute atomic E-state index is 12.7. The number of rotatable bonds is 4. The van der Waals surface area contributed by atoms with Crippen LogP contribution in [0.1, 0.15) is 25.2 Å². The molecule has 2 aromatic rings. The summed E-state index contributed by atoms with van der Waals surface area (Å²) >= 11 is 0. The number of nitrogens with zero attached hydrogens (tertiary/aromatic N) is 1. The smallest absolute Gasteiger partial charge is 0.341 e. The van der Waals surface area contributed by atoms with Gasteiger partial charge in [0.1, 0.15) is 5.82 Å². The molecule has 0 atom stereocenters. The van der Waals surface area contributed by atoms with E-state index in [1.165, 1.54) is 6.07 Å². The number of benzene rings is 1. The molecule has 0 radical (unpaired) electrons. The molecule has 0 unspecified atom stereocenters. The standard InChI is InChI=1S/C14H16F3N3/c1-9(2)18-8-13-19-7-12(20-13)10-4-3-5-11(6-10)14(15,16)17/h3-7,9,18H,8H2,1-2H3,(H,19,20). The summed E-state index contributed by atoms with van der Waals surface area (Å²) < 4.78 is 38.0. The van der Waals surface area contributed by atoms with Crippen LogP contribution in [0.15, 0.2) is 30.5 Å². The van der Waals surface area contributed by atoms with Crippen molar-refractivity contribution in [3.63, 3.8) is 0 Å². The summed E-state index contributed by atoms with van der Waals surface area (Å²) in [7, 11) is 0. The van der Waals surface area contributed by atoms with Gasteiger partial charge in [0.25, 0.3) is 0 Å². The van der Waals surface area contributed by atoms with E-state index < -0.39 is 11.7 Å². The van der Waals surface area contributed by atoms with E-state index in [1.54, 1.807) is 12.3 Å². The van der Waals surface area contributed by atoms with Gasteiger partial charge < -0.3 is 10.3 Å². The second-order valence-corrected chi connectivity index (χ2v) is 4.86. The number of aromatic amines is 1. The minimum atomic E-state index is -4.34. The third-order valence-electron chi connectivity index (χ3n) is 2.81. The normalized spacial score (nSPS) is 12.1. The summed E-state index contributed by atoms with van der Waals surface area (Å²) in [6.07, 6.45) is -2.79. The minimum absolute atomic E-state index is 0.317. The van der Waals surface area contributed by atoms with E-state index in [1.807, 2.05) is 13.8 Å². The Balaban J connectivity index is 2.20. The number of H-pyrrole nitrogens is 1. The molecule has 3 nitrogen and oxygen atoms in total. The van der Waals surface area contributed by atoms with Gasteiger partial charge in [0.2, 0.25) is 0 Å². The Kier molecular flexibility index (Phi) is 4.13. The first-order valence-electron chi connectivity index (χ1n) is 6.31. The second kappa shape index (κ2) is 5.66. The molecule has 0 amide bonds. The zero-order valence-corrected chi connectivity index (χ0v) is 11.3. The summed E-state index contributed by atoms with van der Waals surface area (Å²) in [5.74, 6) is 0.700. The van der Waals surface area contributed by atoms with Gasteiger partial charge >= 0.3 is 6.18 Å². The zero-order valence-electron chi connectivity index (χ0n) is 11.3. The molecule has 20 heavy (non-hydrogen) atoms. The summed E-state index contributed by atoms with van der Waals surface area (Å²) in [4.78, 5) is 7.18. The fraction of sp³-hybridized carbons (Fsp3) is 0.357. The summed E-state index contributed by atoms with van der Waals surface area (Å²) in [6, 6.07) is 5.51. The van der Waals surface area contributed by atoms with E-state index in [9.17, 15) is 13.2 Å². The predicted molar refractivity (Wildman–Crippen MR) is 71.0 cm³/mol. The molecule has 1 aromatic heterocycles. The number of nitrogens with one attached hydrogen (secondary N) is 2. The van der Waals surface area contributed by atoms with Crippen molar-refractivity contribution < 1.29 is 13.2 Å². The van der Waals surface area contributed by atoms with Gasteiger partial charge in [0, 0.05) is 11.6 Å². The zero-order chi connectivity index (χ0) is 14.8. The Morgan fingerprint density at radius 3 is 2.70 bits per heavy atom. The van der Waals surface area contributed by atoms with Crippen LogP contribution in [0, 0.1) is 0 Å². The lowest BCUT2D eigenvalue weighted by Crippen LogP contribution is -2.22.